The molecule has 64 valence electrons. The smallest absolute Gasteiger partial charge is 0.0952 e. The number of aliphatic hydroxyl groups excluding tert-OH is 1. The van der Waals surface area contributed by atoms with Gasteiger partial charge in [0, 0.05) is 12.6 Å². The summed E-state index contributed by atoms with van der Waals surface area (Å²) >= 11 is 0. The van der Waals surface area contributed by atoms with Crippen molar-refractivity contribution in [1.29, 1.82) is 5.26 Å². The normalized spacial score (nSPS) is 13.5. The summed E-state index contributed by atoms with van der Waals surface area (Å²) in [6.45, 7) is 6.57. The quantitative estimate of drug-likeness (QED) is 0.648. The average molecular weight is 156 g/mol. The van der Waals surface area contributed by atoms with Crippen molar-refractivity contribution < 1.29 is 5.11 Å². The molecule has 0 aromatic heterocycles. The number of hydrogen-bond donors (Lipinski definition) is 1. The van der Waals surface area contributed by atoms with Crippen LogP contribution in [0.4, 0.5) is 0 Å². The summed E-state index contributed by atoms with van der Waals surface area (Å²) < 4.78 is 0. The van der Waals surface area contributed by atoms with Crippen LogP contribution in [0.3, 0.4) is 0 Å². The summed E-state index contributed by atoms with van der Waals surface area (Å²) in [5.74, 6) is 0. The van der Waals surface area contributed by atoms with Gasteiger partial charge in [0.2, 0.25) is 0 Å². The van der Waals surface area contributed by atoms with Crippen LogP contribution in [0.5, 0.6) is 0 Å². The van der Waals surface area contributed by atoms with Crippen LogP contribution in [0.1, 0.15) is 20.8 Å². The Balaban J connectivity index is 4.00. The molecule has 0 aromatic rings. The predicted octanol–water partition coefficient (Wildman–Crippen LogP) is 0.601. The third-order valence-electron chi connectivity index (χ3n) is 1.71. The molecule has 0 aliphatic rings. The second-order valence-electron chi connectivity index (χ2n) is 2.86. The molecule has 1 N–H and O–H groups in total. The van der Waals surface area contributed by atoms with Gasteiger partial charge >= 0.3 is 0 Å². The first kappa shape index (κ1) is 10.4. The van der Waals surface area contributed by atoms with Gasteiger partial charge in [-0.2, -0.15) is 5.26 Å². The Bertz CT molecular complexity index is 140. The average Bonchev–Trinajstić information content (AvgIpc) is 1.98. The largest absolute Gasteiger partial charge is 0.395 e. The van der Waals surface area contributed by atoms with Crippen LogP contribution in [-0.2, 0) is 0 Å². The molecule has 0 saturated heterocycles. The van der Waals surface area contributed by atoms with Gasteiger partial charge in [0.1, 0.15) is 0 Å². The van der Waals surface area contributed by atoms with E-state index in [1.165, 1.54) is 0 Å². The van der Waals surface area contributed by atoms with Crippen LogP contribution in [0, 0.1) is 11.3 Å². The van der Waals surface area contributed by atoms with Crippen LogP contribution < -0.4 is 0 Å². The zero-order chi connectivity index (χ0) is 8.85. The number of aliphatic hydroxyl groups is 1. The maximum Gasteiger partial charge on any atom is 0.0952 e. The van der Waals surface area contributed by atoms with Gasteiger partial charge in [0.25, 0.3) is 0 Å². The monoisotopic (exact) mass is 156 g/mol. The molecule has 0 rings (SSSR count). The third kappa shape index (κ3) is 3.35. The highest BCUT2D eigenvalue weighted by molar-refractivity contribution is 4.89. The van der Waals surface area contributed by atoms with Crippen LogP contribution >= 0.6 is 0 Å². The van der Waals surface area contributed by atoms with Crippen molar-refractivity contribution in [3.05, 3.63) is 0 Å². The van der Waals surface area contributed by atoms with Gasteiger partial charge in [-0.25, -0.2) is 0 Å². The molecule has 0 aliphatic carbocycles. The lowest BCUT2D eigenvalue weighted by Gasteiger charge is -2.27. The number of nitrogens with zero attached hydrogens (tertiary/aromatic N) is 2. The van der Waals surface area contributed by atoms with E-state index >= 15 is 0 Å². The van der Waals surface area contributed by atoms with Gasteiger partial charge in [-0.3, -0.25) is 4.90 Å². The summed E-state index contributed by atoms with van der Waals surface area (Å²) in [6, 6.07) is 2.35. The summed E-state index contributed by atoms with van der Waals surface area (Å²) in [5, 5.41) is 17.3. The Morgan fingerprint density at radius 2 is 2.00 bits per heavy atom. The Morgan fingerprint density at radius 3 is 2.27 bits per heavy atom. The van der Waals surface area contributed by atoms with Gasteiger partial charge in [0.15, 0.2) is 0 Å². The van der Waals surface area contributed by atoms with E-state index in [9.17, 15) is 0 Å². The van der Waals surface area contributed by atoms with E-state index in [1.807, 2.05) is 25.7 Å². The number of nitriles is 1. The first-order chi connectivity index (χ1) is 5.13. The molecule has 0 fully saturated rings. The molecule has 0 aromatic carbocycles. The van der Waals surface area contributed by atoms with E-state index < -0.39 is 0 Å². The predicted molar refractivity (Wildman–Crippen MR) is 44.0 cm³/mol. The van der Waals surface area contributed by atoms with E-state index in [4.69, 9.17) is 10.4 Å². The van der Waals surface area contributed by atoms with Crippen molar-refractivity contribution in [3.8, 4) is 6.07 Å². The molecule has 0 aliphatic heterocycles. The van der Waals surface area contributed by atoms with E-state index in [0.29, 0.717) is 12.6 Å². The van der Waals surface area contributed by atoms with Crippen LogP contribution in [-0.4, -0.2) is 35.2 Å². The van der Waals surface area contributed by atoms with Crippen molar-refractivity contribution in [3.63, 3.8) is 0 Å². The topological polar surface area (TPSA) is 47.3 Å². The molecule has 0 radical (unpaired) electrons. The van der Waals surface area contributed by atoms with Crippen molar-refractivity contribution >= 4 is 0 Å². The molecule has 11 heavy (non-hydrogen) atoms. The zero-order valence-corrected chi connectivity index (χ0v) is 7.41. The molecule has 0 saturated carbocycles. The summed E-state index contributed by atoms with van der Waals surface area (Å²) in [7, 11) is 0. The fourth-order valence-corrected chi connectivity index (χ4v) is 1.09. The lowest BCUT2D eigenvalue weighted by atomic mass is 10.2. The lowest BCUT2D eigenvalue weighted by molar-refractivity contribution is 0.148. The highest BCUT2D eigenvalue weighted by Gasteiger charge is 2.14. The van der Waals surface area contributed by atoms with E-state index in [0.717, 1.165) is 0 Å². The van der Waals surface area contributed by atoms with Gasteiger partial charge in [0.05, 0.1) is 18.7 Å². The first-order valence-electron chi connectivity index (χ1n) is 3.89. The Kier molecular flexibility index (Phi) is 4.84. The highest BCUT2D eigenvalue weighted by Crippen LogP contribution is 2.02. The van der Waals surface area contributed by atoms with Crippen molar-refractivity contribution in [2.45, 2.75) is 32.9 Å². The minimum absolute atomic E-state index is 0.109. The van der Waals surface area contributed by atoms with Crippen LogP contribution in [0.25, 0.3) is 0 Å². The van der Waals surface area contributed by atoms with Crippen LogP contribution in [0.15, 0.2) is 0 Å². The molecule has 0 amide bonds. The fourth-order valence-electron chi connectivity index (χ4n) is 1.09. The minimum Gasteiger partial charge on any atom is -0.395 e. The molecule has 1 unspecified atom stereocenters. The zero-order valence-electron chi connectivity index (χ0n) is 7.41. The van der Waals surface area contributed by atoms with Crippen molar-refractivity contribution in [2.75, 3.05) is 13.2 Å². The van der Waals surface area contributed by atoms with E-state index in [-0.39, 0.29) is 12.6 Å². The van der Waals surface area contributed by atoms with Gasteiger partial charge in [-0.1, -0.05) is 0 Å². The molecule has 0 bridgehead atoms. The first-order valence-corrected chi connectivity index (χ1v) is 3.89. The fraction of sp³-hybridized carbons (Fsp3) is 0.875. The van der Waals surface area contributed by atoms with Crippen LogP contribution in [0.2, 0.25) is 0 Å². The Labute approximate surface area is 68.2 Å². The van der Waals surface area contributed by atoms with Gasteiger partial charge in [-0.15, -0.1) is 0 Å². The molecule has 0 heterocycles. The molecule has 0 spiro atoms. The SMILES string of the molecule is CC(C)N(CCO)C(C)C#N. The van der Waals surface area contributed by atoms with E-state index in [1.54, 1.807) is 0 Å². The van der Waals surface area contributed by atoms with E-state index in [2.05, 4.69) is 6.07 Å². The Morgan fingerprint density at radius 1 is 1.45 bits per heavy atom. The number of hydrogen-bond acceptors (Lipinski definition) is 3. The second kappa shape index (κ2) is 5.11. The maximum atomic E-state index is 8.68. The summed E-state index contributed by atoms with van der Waals surface area (Å²) in [6.07, 6.45) is 0. The maximum absolute atomic E-state index is 8.68. The Hall–Kier alpha value is -0.590. The molecular formula is C8H16N2O. The number of rotatable bonds is 4. The summed E-state index contributed by atoms with van der Waals surface area (Å²) in [4.78, 5) is 1.96. The van der Waals surface area contributed by atoms with Crippen molar-refractivity contribution in [1.82, 2.24) is 4.90 Å². The molecule has 3 nitrogen and oxygen atoms in total. The highest BCUT2D eigenvalue weighted by atomic mass is 16.3. The molecule has 3 heteroatoms. The second-order valence-corrected chi connectivity index (χ2v) is 2.86. The summed E-state index contributed by atoms with van der Waals surface area (Å²) in [5.41, 5.74) is 0. The van der Waals surface area contributed by atoms with Gasteiger partial charge in [-0.05, 0) is 20.8 Å². The lowest BCUT2D eigenvalue weighted by Crippen LogP contribution is -2.39. The minimum atomic E-state index is -0.109. The van der Waals surface area contributed by atoms with Gasteiger partial charge < -0.3 is 5.11 Å². The molecular weight excluding hydrogens is 140 g/mol. The third-order valence-corrected chi connectivity index (χ3v) is 1.71. The van der Waals surface area contributed by atoms with Crippen molar-refractivity contribution in [2.24, 2.45) is 0 Å². The standard InChI is InChI=1S/C8H16N2O/c1-7(2)10(4-5-11)8(3)6-9/h7-8,11H,4-5H2,1-3H3. The molecule has 1 atom stereocenters.